The first kappa shape index (κ1) is 15.5. The number of nitrogens with one attached hydrogen (secondary N) is 1. The van der Waals surface area contributed by atoms with Gasteiger partial charge in [0.1, 0.15) is 11.5 Å². The number of nitrogens with zero attached hydrogens (tertiary/aromatic N) is 2. The highest BCUT2D eigenvalue weighted by molar-refractivity contribution is 5.93. The van der Waals surface area contributed by atoms with Gasteiger partial charge in [-0.25, -0.2) is 4.79 Å². The molecular weight excluding hydrogens is 268 g/mol. The van der Waals surface area contributed by atoms with Gasteiger partial charge in [-0.3, -0.25) is 23.5 Å². The van der Waals surface area contributed by atoms with Crippen LogP contribution in [0.5, 0.6) is 0 Å². The number of hydrogen-bond donors (Lipinski definition) is 3. The summed E-state index contributed by atoms with van der Waals surface area (Å²) in [6, 6.07) is 0. The Morgan fingerprint density at radius 2 is 1.80 bits per heavy atom. The molecule has 0 spiro atoms. The maximum atomic E-state index is 11.8. The Morgan fingerprint density at radius 3 is 2.35 bits per heavy atom. The number of amides is 1. The van der Waals surface area contributed by atoms with Gasteiger partial charge in [-0.05, 0) is 6.42 Å². The number of nitrogen functional groups attached to an aromatic ring is 1. The number of carbonyl (C=O) groups excluding carboxylic acids is 1. The molecule has 0 unspecified atom stereocenters. The van der Waals surface area contributed by atoms with Crippen molar-refractivity contribution >= 4 is 23.4 Å². The predicted molar refractivity (Wildman–Crippen MR) is 71.5 cm³/mol. The second-order valence-corrected chi connectivity index (χ2v) is 4.26. The first-order chi connectivity index (χ1) is 9.25. The molecule has 0 atom stereocenters. The van der Waals surface area contributed by atoms with E-state index in [1.807, 2.05) is 0 Å². The number of nitrogens with two attached hydrogens (primary N) is 1. The molecule has 0 aliphatic carbocycles. The van der Waals surface area contributed by atoms with Gasteiger partial charge in [0, 0.05) is 26.9 Å². The van der Waals surface area contributed by atoms with Crippen LogP contribution in [0.4, 0.5) is 11.5 Å². The first-order valence-corrected chi connectivity index (χ1v) is 5.82. The number of rotatable bonds is 5. The summed E-state index contributed by atoms with van der Waals surface area (Å²) in [6.07, 6.45) is -0.0565. The van der Waals surface area contributed by atoms with Crippen molar-refractivity contribution in [2.24, 2.45) is 14.1 Å². The molecule has 20 heavy (non-hydrogen) atoms. The summed E-state index contributed by atoms with van der Waals surface area (Å²) in [7, 11) is 2.64. The van der Waals surface area contributed by atoms with E-state index in [1.165, 1.54) is 14.1 Å². The van der Waals surface area contributed by atoms with E-state index in [-0.39, 0.29) is 30.8 Å². The van der Waals surface area contributed by atoms with Crippen LogP contribution in [0.2, 0.25) is 0 Å². The quantitative estimate of drug-likeness (QED) is 0.625. The first-order valence-electron chi connectivity index (χ1n) is 5.82. The van der Waals surface area contributed by atoms with Gasteiger partial charge in [0.15, 0.2) is 0 Å². The fraction of sp³-hybridized carbons (Fsp3) is 0.455. The highest BCUT2D eigenvalue weighted by Gasteiger charge is 2.15. The number of carboxylic acid groups (broad SMARTS) is 1. The lowest BCUT2D eigenvalue weighted by Gasteiger charge is -2.12. The standard InChI is InChI=1S/C11H16N4O5/c1-14-9(12)8(10(19)15(2)11(14)20)13-6(16)4-3-5-7(17)18/h3-5,12H2,1-2H3,(H,13,16)(H,17,18). The molecular formula is C11H16N4O5. The maximum absolute atomic E-state index is 11.8. The number of aliphatic carboxylic acids is 1. The molecule has 9 nitrogen and oxygen atoms in total. The summed E-state index contributed by atoms with van der Waals surface area (Å²) in [5.41, 5.74) is 4.12. The van der Waals surface area contributed by atoms with Crippen molar-refractivity contribution in [1.29, 1.82) is 0 Å². The van der Waals surface area contributed by atoms with Gasteiger partial charge in [-0.1, -0.05) is 0 Å². The highest BCUT2D eigenvalue weighted by Crippen LogP contribution is 2.10. The zero-order chi connectivity index (χ0) is 15.4. The van der Waals surface area contributed by atoms with Crippen LogP contribution in [-0.4, -0.2) is 26.1 Å². The smallest absolute Gasteiger partial charge is 0.332 e. The van der Waals surface area contributed by atoms with Crippen molar-refractivity contribution in [2.45, 2.75) is 19.3 Å². The van der Waals surface area contributed by atoms with Gasteiger partial charge in [0.25, 0.3) is 5.56 Å². The minimum Gasteiger partial charge on any atom is -0.481 e. The number of hydrogen-bond acceptors (Lipinski definition) is 5. The van der Waals surface area contributed by atoms with Crippen LogP contribution in [-0.2, 0) is 23.7 Å². The van der Waals surface area contributed by atoms with E-state index in [1.54, 1.807) is 0 Å². The maximum Gasteiger partial charge on any atom is 0.332 e. The van der Waals surface area contributed by atoms with Crippen LogP contribution >= 0.6 is 0 Å². The van der Waals surface area contributed by atoms with Crippen molar-refractivity contribution in [3.8, 4) is 0 Å². The molecule has 1 rings (SSSR count). The highest BCUT2D eigenvalue weighted by atomic mass is 16.4. The zero-order valence-electron chi connectivity index (χ0n) is 11.2. The Labute approximate surface area is 113 Å². The van der Waals surface area contributed by atoms with Crippen molar-refractivity contribution in [3.63, 3.8) is 0 Å². The van der Waals surface area contributed by atoms with Crippen LogP contribution in [0.15, 0.2) is 9.59 Å². The van der Waals surface area contributed by atoms with E-state index in [0.717, 1.165) is 9.13 Å². The fourth-order valence-corrected chi connectivity index (χ4v) is 1.58. The second kappa shape index (κ2) is 6.04. The normalized spacial score (nSPS) is 10.3. The monoisotopic (exact) mass is 284 g/mol. The topological polar surface area (TPSA) is 136 Å². The molecule has 0 aliphatic rings. The molecule has 0 aliphatic heterocycles. The molecule has 0 saturated heterocycles. The second-order valence-electron chi connectivity index (χ2n) is 4.26. The lowest BCUT2D eigenvalue weighted by atomic mass is 10.2. The molecule has 0 aromatic carbocycles. The van der Waals surface area contributed by atoms with Crippen LogP contribution in [0.25, 0.3) is 0 Å². The van der Waals surface area contributed by atoms with E-state index in [2.05, 4.69) is 5.32 Å². The average molecular weight is 284 g/mol. The summed E-state index contributed by atoms with van der Waals surface area (Å²) in [5, 5.41) is 10.8. The third-order valence-electron chi connectivity index (χ3n) is 2.77. The van der Waals surface area contributed by atoms with Crippen molar-refractivity contribution in [1.82, 2.24) is 9.13 Å². The molecule has 0 radical (unpaired) electrons. The number of aromatic nitrogens is 2. The molecule has 9 heteroatoms. The van der Waals surface area contributed by atoms with Crippen LogP contribution < -0.4 is 22.3 Å². The van der Waals surface area contributed by atoms with E-state index >= 15 is 0 Å². The Hall–Kier alpha value is -2.58. The Balaban J connectivity index is 2.94. The Morgan fingerprint density at radius 1 is 1.20 bits per heavy atom. The van der Waals surface area contributed by atoms with Crippen molar-refractivity contribution in [3.05, 3.63) is 20.8 Å². The molecule has 110 valence electrons. The molecule has 0 saturated carbocycles. The van der Waals surface area contributed by atoms with Gasteiger partial charge in [-0.2, -0.15) is 0 Å². The van der Waals surface area contributed by atoms with Crippen LogP contribution in [0, 0.1) is 0 Å². The molecule has 1 amide bonds. The van der Waals surface area contributed by atoms with Gasteiger partial charge < -0.3 is 16.2 Å². The Bertz CT molecular complexity index is 658. The van der Waals surface area contributed by atoms with Gasteiger partial charge in [0.2, 0.25) is 5.91 Å². The van der Waals surface area contributed by atoms with E-state index in [4.69, 9.17) is 10.8 Å². The summed E-state index contributed by atoms with van der Waals surface area (Å²) in [5.74, 6) is -1.69. The minimum absolute atomic E-state index is 0.0578. The van der Waals surface area contributed by atoms with Gasteiger partial charge in [-0.15, -0.1) is 0 Å². The van der Waals surface area contributed by atoms with Crippen molar-refractivity contribution in [2.75, 3.05) is 11.1 Å². The summed E-state index contributed by atoms with van der Waals surface area (Å²) < 4.78 is 1.86. The fourth-order valence-electron chi connectivity index (χ4n) is 1.58. The third kappa shape index (κ3) is 3.25. The zero-order valence-corrected chi connectivity index (χ0v) is 11.2. The van der Waals surface area contributed by atoms with Gasteiger partial charge >= 0.3 is 11.7 Å². The molecule has 0 fully saturated rings. The summed E-state index contributed by atoms with van der Waals surface area (Å²) >= 11 is 0. The van der Waals surface area contributed by atoms with E-state index < -0.39 is 23.1 Å². The summed E-state index contributed by atoms with van der Waals surface area (Å²) in [6.45, 7) is 0. The summed E-state index contributed by atoms with van der Waals surface area (Å²) in [4.78, 5) is 45.3. The number of carbonyl (C=O) groups is 2. The predicted octanol–water partition coefficient (Wildman–Crippen LogP) is -1.14. The van der Waals surface area contributed by atoms with Crippen LogP contribution in [0.1, 0.15) is 19.3 Å². The minimum atomic E-state index is -1.00. The lowest BCUT2D eigenvalue weighted by Crippen LogP contribution is -2.40. The van der Waals surface area contributed by atoms with Crippen LogP contribution in [0.3, 0.4) is 0 Å². The van der Waals surface area contributed by atoms with Crippen molar-refractivity contribution < 1.29 is 14.7 Å². The van der Waals surface area contributed by atoms with Gasteiger partial charge in [0.05, 0.1) is 0 Å². The largest absolute Gasteiger partial charge is 0.481 e. The van der Waals surface area contributed by atoms with E-state index in [0.29, 0.717) is 0 Å². The number of carboxylic acids is 1. The molecule has 1 aromatic heterocycles. The molecule has 1 aromatic rings. The molecule has 1 heterocycles. The lowest BCUT2D eigenvalue weighted by molar-refractivity contribution is -0.137. The number of anilines is 2. The Kier molecular flexibility index (Phi) is 4.68. The molecule has 4 N–H and O–H groups in total. The SMILES string of the molecule is Cn1c(N)c(NC(=O)CCCC(=O)O)c(=O)n(C)c1=O. The average Bonchev–Trinajstić information content (AvgIpc) is 2.39. The third-order valence-corrected chi connectivity index (χ3v) is 2.77. The molecule has 0 bridgehead atoms. The van der Waals surface area contributed by atoms with E-state index in [9.17, 15) is 19.2 Å².